The number of amides is 1. The van der Waals surface area contributed by atoms with Crippen molar-refractivity contribution in [3.05, 3.63) is 87.8 Å². The van der Waals surface area contributed by atoms with E-state index >= 15 is 0 Å². The Hall–Kier alpha value is -3.87. The highest BCUT2D eigenvalue weighted by Crippen LogP contribution is 2.22. The number of hydrogen-bond acceptors (Lipinski definition) is 4. The Bertz CT molecular complexity index is 1220. The van der Waals surface area contributed by atoms with Crippen LogP contribution >= 0.6 is 0 Å². The molecule has 2 aromatic carbocycles. The lowest BCUT2D eigenvalue weighted by Gasteiger charge is -2.08. The molecule has 0 bridgehead atoms. The monoisotopic (exact) mass is 388 g/mol. The van der Waals surface area contributed by atoms with Crippen LogP contribution in [-0.4, -0.2) is 27.8 Å². The van der Waals surface area contributed by atoms with Crippen molar-refractivity contribution in [2.45, 2.75) is 13.5 Å². The number of hydrogen-bond donors (Lipinski definition) is 2. The third-order valence-corrected chi connectivity index (χ3v) is 4.70. The van der Waals surface area contributed by atoms with Crippen LogP contribution in [0.1, 0.15) is 21.6 Å². The number of nitrogens with one attached hydrogen (secondary N) is 2. The van der Waals surface area contributed by atoms with Crippen molar-refractivity contribution < 1.29 is 9.53 Å². The molecule has 2 heterocycles. The lowest BCUT2D eigenvalue weighted by atomic mass is 10.1. The van der Waals surface area contributed by atoms with E-state index in [1.807, 2.05) is 61.5 Å². The van der Waals surface area contributed by atoms with Crippen molar-refractivity contribution >= 4 is 16.9 Å². The fraction of sp³-hybridized carbons (Fsp3) is 0.136. The smallest absolute Gasteiger partial charge is 0.252 e. The van der Waals surface area contributed by atoms with Crippen molar-refractivity contribution in [1.29, 1.82) is 0 Å². The maximum absolute atomic E-state index is 12.9. The summed E-state index contributed by atoms with van der Waals surface area (Å²) in [4.78, 5) is 27.9. The minimum atomic E-state index is -0.357. The highest BCUT2D eigenvalue weighted by atomic mass is 16.5. The molecule has 0 aliphatic carbocycles. The molecule has 2 N–H and O–H groups in total. The molecule has 0 atom stereocenters. The number of para-hydroxylation sites is 1. The summed E-state index contributed by atoms with van der Waals surface area (Å²) in [6.07, 6.45) is 0. The van der Waals surface area contributed by atoms with Crippen molar-refractivity contribution in [3.63, 3.8) is 0 Å². The summed E-state index contributed by atoms with van der Waals surface area (Å²) in [7, 11) is 1.60. The first-order valence-electron chi connectivity index (χ1n) is 9.16. The first kappa shape index (κ1) is 18.5. The number of aromatic nitrogens is 3. The van der Waals surface area contributed by atoms with Gasteiger partial charge in [0, 0.05) is 12.6 Å². The fourth-order valence-corrected chi connectivity index (χ4v) is 3.28. The molecule has 146 valence electrons. The predicted molar refractivity (Wildman–Crippen MR) is 111 cm³/mol. The second-order valence-corrected chi connectivity index (χ2v) is 6.63. The van der Waals surface area contributed by atoms with E-state index in [9.17, 15) is 9.59 Å². The highest BCUT2D eigenvalue weighted by molar-refractivity contribution is 6.06. The van der Waals surface area contributed by atoms with Crippen LogP contribution in [0.15, 0.2) is 65.5 Å². The van der Waals surface area contributed by atoms with Gasteiger partial charge in [0.15, 0.2) is 0 Å². The van der Waals surface area contributed by atoms with Gasteiger partial charge in [-0.25, -0.2) is 4.68 Å². The molecule has 0 aliphatic rings. The van der Waals surface area contributed by atoms with Gasteiger partial charge in [-0.3, -0.25) is 9.59 Å². The van der Waals surface area contributed by atoms with Crippen molar-refractivity contribution in [3.8, 4) is 11.4 Å². The Morgan fingerprint density at radius 1 is 1.14 bits per heavy atom. The lowest BCUT2D eigenvalue weighted by molar-refractivity contribution is 0.0952. The maximum atomic E-state index is 12.9. The number of nitrogens with zero attached hydrogens (tertiary/aromatic N) is 2. The third kappa shape index (κ3) is 3.62. The number of rotatable bonds is 5. The number of methoxy groups -OCH3 is 1. The van der Waals surface area contributed by atoms with E-state index in [4.69, 9.17) is 4.74 Å². The van der Waals surface area contributed by atoms with Crippen LogP contribution in [-0.2, 0) is 6.54 Å². The van der Waals surface area contributed by atoms with Crippen LogP contribution in [0, 0.1) is 6.92 Å². The molecule has 0 unspecified atom stereocenters. The lowest BCUT2D eigenvalue weighted by Crippen LogP contribution is -2.25. The number of aryl methyl sites for hydroxylation is 1. The Morgan fingerprint density at radius 3 is 2.55 bits per heavy atom. The molecule has 2 aromatic heterocycles. The zero-order chi connectivity index (χ0) is 20.4. The standard InChI is InChI=1S/C22H20N4O3/c1-14-20-18(22(28)23-13-15-8-10-17(29-2)11-9-15)12-19(27)24-21(20)26(25-14)16-6-4-3-5-7-16/h3-12H,13H2,1-2H3,(H,23,28)(H,24,27). The molecule has 0 saturated heterocycles. The van der Waals surface area contributed by atoms with Gasteiger partial charge in [-0.15, -0.1) is 0 Å². The average Bonchev–Trinajstić information content (AvgIpc) is 3.08. The van der Waals surface area contributed by atoms with Crippen LogP contribution in [0.4, 0.5) is 0 Å². The number of pyridine rings is 1. The number of H-pyrrole nitrogens is 1. The van der Waals surface area contributed by atoms with E-state index in [1.54, 1.807) is 11.8 Å². The Balaban J connectivity index is 1.68. The van der Waals surface area contributed by atoms with Crippen LogP contribution in [0.25, 0.3) is 16.7 Å². The molecule has 0 radical (unpaired) electrons. The van der Waals surface area contributed by atoms with Gasteiger partial charge in [0.2, 0.25) is 5.56 Å². The van der Waals surface area contributed by atoms with Gasteiger partial charge in [0.05, 0.1) is 29.4 Å². The van der Waals surface area contributed by atoms with Crippen LogP contribution in [0.2, 0.25) is 0 Å². The molecular formula is C22H20N4O3. The summed E-state index contributed by atoms with van der Waals surface area (Å²) in [5.74, 6) is 0.424. The molecule has 0 aliphatic heterocycles. The molecule has 7 nitrogen and oxygen atoms in total. The number of carbonyl (C=O) groups excluding carboxylic acids is 1. The molecule has 4 aromatic rings. The number of fused-ring (bicyclic) bond motifs is 1. The fourth-order valence-electron chi connectivity index (χ4n) is 3.28. The van der Waals surface area contributed by atoms with E-state index in [2.05, 4.69) is 15.4 Å². The molecule has 0 spiro atoms. The number of aromatic amines is 1. The average molecular weight is 388 g/mol. The van der Waals surface area contributed by atoms with Crippen LogP contribution in [0.5, 0.6) is 5.75 Å². The molecular weight excluding hydrogens is 368 g/mol. The Labute approximate surface area is 167 Å². The summed E-state index contributed by atoms with van der Waals surface area (Å²) < 4.78 is 6.79. The minimum Gasteiger partial charge on any atom is -0.497 e. The summed E-state index contributed by atoms with van der Waals surface area (Å²) in [6.45, 7) is 2.16. The summed E-state index contributed by atoms with van der Waals surface area (Å²) in [6, 6.07) is 18.2. The van der Waals surface area contributed by atoms with Crippen LogP contribution in [0.3, 0.4) is 0 Å². The van der Waals surface area contributed by atoms with Gasteiger partial charge in [-0.2, -0.15) is 5.10 Å². The maximum Gasteiger partial charge on any atom is 0.252 e. The van der Waals surface area contributed by atoms with Crippen molar-refractivity contribution in [1.82, 2.24) is 20.1 Å². The normalized spacial score (nSPS) is 10.8. The van der Waals surface area contributed by atoms with E-state index in [0.29, 0.717) is 28.8 Å². The predicted octanol–water partition coefficient (Wildman–Crippen LogP) is 2.96. The topological polar surface area (TPSA) is 89.0 Å². The van der Waals surface area contributed by atoms with Crippen molar-refractivity contribution in [2.24, 2.45) is 0 Å². The number of benzene rings is 2. The highest BCUT2D eigenvalue weighted by Gasteiger charge is 2.19. The summed E-state index contributed by atoms with van der Waals surface area (Å²) in [5.41, 5.74) is 2.83. The van der Waals surface area contributed by atoms with Gasteiger partial charge in [-0.1, -0.05) is 30.3 Å². The summed E-state index contributed by atoms with van der Waals surface area (Å²) in [5, 5.41) is 8.04. The zero-order valence-corrected chi connectivity index (χ0v) is 16.1. The minimum absolute atomic E-state index is 0.303. The SMILES string of the molecule is COc1ccc(CNC(=O)c2cc(=O)[nH]c3c2c(C)nn3-c2ccccc2)cc1. The molecule has 0 saturated carbocycles. The Kier molecular flexibility index (Phi) is 4.87. The van der Waals surface area contributed by atoms with E-state index in [1.165, 1.54) is 6.07 Å². The second-order valence-electron chi connectivity index (χ2n) is 6.63. The zero-order valence-electron chi connectivity index (χ0n) is 16.1. The number of ether oxygens (including phenoxy) is 1. The van der Waals surface area contributed by atoms with Crippen molar-refractivity contribution in [2.75, 3.05) is 7.11 Å². The van der Waals surface area contributed by atoms with Gasteiger partial charge in [-0.05, 0) is 36.8 Å². The second kappa shape index (κ2) is 7.63. The van der Waals surface area contributed by atoms with Gasteiger partial charge in [0.25, 0.3) is 5.91 Å². The first-order valence-corrected chi connectivity index (χ1v) is 9.16. The molecule has 29 heavy (non-hydrogen) atoms. The molecule has 4 rings (SSSR count). The number of carbonyl (C=O) groups is 1. The molecule has 7 heteroatoms. The summed E-state index contributed by atoms with van der Waals surface area (Å²) >= 11 is 0. The van der Waals surface area contributed by atoms with Gasteiger partial charge in [0.1, 0.15) is 11.4 Å². The largest absolute Gasteiger partial charge is 0.497 e. The molecule has 0 fully saturated rings. The van der Waals surface area contributed by atoms with Gasteiger partial charge >= 0.3 is 0 Å². The molecule has 1 amide bonds. The van der Waals surface area contributed by atoms with Gasteiger partial charge < -0.3 is 15.0 Å². The van der Waals surface area contributed by atoms with Crippen LogP contribution < -0.4 is 15.6 Å². The Morgan fingerprint density at radius 2 is 1.86 bits per heavy atom. The third-order valence-electron chi connectivity index (χ3n) is 4.70. The quantitative estimate of drug-likeness (QED) is 0.550. The van der Waals surface area contributed by atoms with E-state index in [0.717, 1.165) is 17.0 Å². The van der Waals surface area contributed by atoms with E-state index in [-0.39, 0.29) is 11.5 Å². The van der Waals surface area contributed by atoms with E-state index < -0.39 is 0 Å². The first-order chi connectivity index (χ1) is 14.1.